The van der Waals surface area contributed by atoms with Crippen molar-refractivity contribution in [2.24, 2.45) is 0 Å². The molecule has 0 saturated heterocycles. The van der Waals surface area contributed by atoms with Gasteiger partial charge < -0.3 is 9.47 Å². The van der Waals surface area contributed by atoms with Gasteiger partial charge in [0.15, 0.2) is 0 Å². The van der Waals surface area contributed by atoms with Gasteiger partial charge in [-0.15, -0.1) is 0 Å². The standard InChI is InChI=1S/C15H21BrO2/c1-10-8-15(18-3)12(9-14(10)17-2)11-6-4-5-7-13(11)16/h8-9,11,13H,4-7H2,1-3H3. The van der Waals surface area contributed by atoms with Crippen LogP contribution in [0.5, 0.6) is 11.5 Å². The van der Waals surface area contributed by atoms with Gasteiger partial charge in [-0.1, -0.05) is 28.8 Å². The summed E-state index contributed by atoms with van der Waals surface area (Å²) in [5, 5.41) is 0. The molecule has 100 valence electrons. The van der Waals surface area contributed by atoms with E-state index in [1.165, 1.54) is 31.2 Å². The zero-order chi connectivity index (χ0) is 13.1. The lowest BCUT2D eigenvalue weighted by atomic mass is 9.83. The topological polar surface area (TPSA) is 18.5 Å². The molecule has 0 spiro atoms. The molecule has 0 amide bonds. The second-order valence-corrected chi connectivity index (χ2v) is 6.15. The summed E-state index contributed by atoms with van der Waals surface area (Å²) in [7, 11) is 3.47. The smallest absolute Gasteiger partial charge is 0.122 e. The molecule has 0 bridgehead atoms. The van der Waals surface area contributed by atoms with Crippen molar-refractivity contribution in [3.8, 4) is 11.5 Å². The molecule has 0 N–H and O–H groups in total. The van der Waals surface area contributed by atoms with Gasteiger partial charge in [0.25, 0.3) is 0 Å². The summed E-state index contributed by atoms with van der Waals surface area (Å²) in [6.07, 6.45) is 5.08. The molecule has 0 aliphatic heterocycles. The first kappa shape index (κ1) is 13.7. The van der Waals surface area contributed by atoms with Gasteiger partial charge in [0.2, 0.25) is 0 Å². The van der Waals surface area contributed by atoms with Crippen LogP contribution in [0.2, 0.25) is 0 Å². The van der Waals surface area contributed by atoms with E-state index in [0.717, 1.165) is 17.1 Å². The van der Waals surface area contributed by atoms with Crippen LogP contribution in [0.25, 0.3) is 0 Å². The van der Waals surface area contributed by atoms with E-state index in [-0.39, 0.29) is 0 Å². The molecule has 2 nitrogen and oxygen atoms in total. The summed E-state index contributed by atoms with van der Waals surface area (Å²) in [5.74, 6) is 2.48. The van der Waals surface area contributed by atoms with E-state index in [2.05, 4.69) is 35.0 Å². The molecule has 0 aromatic heterocycles. The molecule has 1 aliphatic carbocycles. The third-order valence-electron chi connectivity index (χ3n) is 3.83. The Bertz CT molecular complexity index is 417. The quantitative estimate of drug-likeness (QED) is 0.768. The molecule has 2 rings (SSSR count). The Hall–Kier alpha value is -0.700. The second-order valence-electron chi connectivity index (χ2n) is 4.97. The molecule has 18 heavy (non-hydrogen) atoms. The molecule has 1 aromatic rings. The number of aryl methyl sites for hydroxylation is 1. The number of alkyl halides is 1. The first-order valence-electron chi connectivity index (χ1n) is 6.54. The number of hydrogen-bond acceptors (Lipinski definition) is 2. The highest BCUT2D eigenvalue weighted by Crippen LogP contribution is 2.43. The van der Waals surface area contributed by atoms with Crippen LogP contribution in [0.15, 0.2) is 12.1 Å². The number of benzene rings is 1. The van der Waals surface area contributed by atoms with Crippen molar-refractivity contribution >= 4 is 15.9 Å². The van der Waals surface area contributed by atoms with Crippen molar-refractivity contribution in [1.82, 2.24) is 0 Å². The number of methoxy groups -OCH3 is 2. The predicted octanol–water partition coefficient (Wildman–Crippen LogP) is 4.43. The fourth-order valence-electron chi connectivity index (χ4n) is 2.80. The van der Waals surface area contributed by atoms with Crippen molar-refractivity contribution in [1.29, 1.82) is 0 Å². The van der Waals surface area contributed by atoms with Crippen LogP contribution in [-0.2, 0) is 0 Å². The molecule has 0 heterocycles. The lowest BCUT2D eigenvalue weighted by molar-refractivity contribution is 0.382. The largest absolute Gasteiger partial charge is 0.496 e. The molecule has 3 heteroatoms. The molecule has 2 atom stereocenters. The average Bonchev–Trinajstić information content (AvgIpc) is 2.39. The summed E-state index contributed by atoms with van der Waals surface area (Å²) in [5.41, 5.74) is 2.40. The highest BCUT2D eigenvalue weighted by atomic mass is 79.9. The average molecular weight is 313 g/mol. The van der Waals surface area contributed by atoms with E-state index >= 15 is 0 Å². The first-order valence-corrected chi connectivity index (χ1v) is 7.45. The Morgan fingerprint density at radius 3 is 2.33 bits per heavy atom. The summed E-state index contributed by atoms with van der Waals surface area (Å²) >= 11 is 3.82. The Labute approximate surface area is 118 Å². The lowest BCUT2D eigenvalue weighted by Crippen LogP contribution is -2.18. The van der Waals surface area contributed by atoms with Gasteiger partial charge in [-0.3, -0.25) is 0 Å². The highest BCUT2D eigenvalue weighted by molar-refractivity contribution is 9.09. The Kier molecular flexibility index (Phi) is 4.55. The first-order chi connectivity index (χ1) is 8.67. The Morgan fingerprint density at radius 2 is 1.72 bits per heavy atom. The molecular weight excluding hydrogens is 292 g/mol. The van der Waals surface area contributed by atoms with Crippen molar-refractivity contribution in [2.45, 2.75) is 43.4 Å². The molecule has 1 saturated carbocycles. The van der Waals surface area contributed by atoms with Gasteiger partial charge in [0.1, 0.15) is 11.5 Å². The van der Waals surface area contributed by atoms with Crippen molar-refractivity contribution in [3.05, 3.63) is 23.3 Å². The fourth-order valence-corrected chi connectivity index (χ4v) is 3.67. The molecule has 0 radical (unpaired) electrons. The van der Waals surface area contributed by atoms with Crippen molar-refractivity contribution in [2.75, 3.05) is 14.2 Å². The van der Waals surface area contributed by atoms with Gasteiger partial charge in [-0.05, 0) is 37.5 Å². The Balaban J connectivity index is 2.40. The monoisotopic (exact) mass is 312 g/mol. The number of hydrogen-bond donors (Lipinski definition) is 0. The molecular formula is C15H21BrO2. The highest BCUT2D eigenvalue weighted by Gasteiger charge is 2.27. The van der Waals surface area contributed by atoms with Crippen LogP contribution in [0.4, 0.5) is 0 Å². The lowest BCUT2D eigenvalue weighted by Gasteiger charge is -2.29. The van der Waals surface area contributed by atoms with E-state index in [1.54, 1.807) is 14.2 Å². The zero-order valence-corrected chi connectivity index (χ0v) is 12.9. The summed E-state index contributed by atoms with van der Waals surface area (Å²) < 4.78 is 11.0. The van der Waals surface area contributed by atoms with Crippen LogP contribution in [0.3, 0.4) is 0 Å². The molecule has 1 aliphatic rings. The van der Waals surface area contributed by atoms with Gasteiger partial charge in [-0.2, -0.15) is 0 Å². The number of ether oxygens (including phenoxy) is 2. The minimum Gasteiger partial charge on any atom is -0.496 e. The second kappa shape index (κ2) is 5.96. The fraction of sp³-hybridized carbons (Fsp3) is 0.600. The van der Waals surface area contributed by atoms with Gasteiger partial charge in [-0.25, -0.2) is 0 Å². The summed E-state index contributed by atoms with van der Waals surface area (Å²) in [6, 6.07) is 4.24. The third kappa shape index (κ3) is 2.66. The van der Waals surface area contributed by atoms with Crippen LogP contribution < -0.4 is 9.47 Å². The summed E-state index contributed by atoms with van der Waals surface area (Å²) in [6.45, 7) is 2.05. The molecule has 1 fully saturated rings. The van der Waals surface area contributed by atoms with Gasteiger partial charge in [0.05, 0.1) is 14.2 Å². The third-order valence-corrected chi connectivity index (χ3v) is 4.92. The van der Waals surface area contributed by atoms with E-state index in [4.69, 9.17) is 9.47 Å². The molecule has 2 unspecified atom stereocenters. The van der Waals surface area contributed by atoms with Crippen LogP contribution in [0.1, 0.15) is 42.7 Å². The SMILES string of the molecule is COc1cc(C2CCCCC2Br)c(OC)cc1C. The maximum absolute atomic E-state index is 5.55. The van der Waals surface area contributed by atoms with Crippen LogP contribution in [-0.4, -0.2) is 19.0 Å². The van der Waals surface area contributed by atoms with Gasteiger partial charge >= 0.3 is 0 Å². The molecule has 1 aromatic carbocycles. The van der Waals surface area contributed by atoms with Gasteiger partial charge in [0, 0.05) is 16.3 Å². The maximum atomic E-state index is 5.55. The Morgan fingerprint density at radius 1 is 1.06 bits per heavy atom. The maximum Gasteiger partial charge on any atom is 0.122 e. The number of rotatable bonds is 3. The minimum atomic E-state index is 0.531. The minimum absolute atomic E-state index is 0.531. The van der Waals surface area contributed by atoms with E-state index in [1.807, 2.05) is 0 Å². The zero-order valence-electron chi connectivity index (χ0n) is 11.3. The number of halogens is 1. The van der Waals surface area contributed by atoms with Crippen LogP contribution in [0, 0.1) is 6.92 Å². The normalized spacial score (nSPS) is 23.8. The van der Waals surface area contributed by atoms with Crippen LogP contribution >= 0.6 is 15.9 Å². The van der Waals surface area contributed by atoms with E-state index in [0.29, 0.717) is 10.7 Å². The van der Waals surface area contributed by atoms with E-state index < -0.39 is 0 Å². The van der Waals surface area contributed by atoms with Crippen molar-refractivity contribution in [3.63, 3.8) is 0 Å². The van der Waals surface area contributed by atoms with Crippen molar-refractivity contribution < 1.29 is 9.47 Å². The predicted molar refractivity (Wildman–Crippen MR) is 78.2 cm³/mol. The van der Waals surface area contributed by atoms with E-state index in [9.17, 15) is 0 Å². The summed E-state index contributed by atoms with van der Waals surface area (Å²) in [4.78, 5) is 0.549.